The van der Waals surface area contributed by atoms with Crippen molar-refractivity contribution in [3.05, 3.63) is 65.7 Å². The fraction of sp³-hybridized carbons (Fsp3) is 0.294. The van der Waals surface area contributed by atoms with Gasteiger partial charge >= 0.3 is 0 Å². The summed E-state index contributed by atoms with van der Waals surface area (Å²) < 4.78 is 6.22. The molecule has 0 saturated heterocycles. The molecule has 0 spiro atoms. The van der Waals surface area contributed by atoms with Gasteiger partial charge in [0.15, 0.2) is 0 Å². The number of nitrogens with two attached hydrogens (primary N) is 1. The number of benzene rings is 2. The van der Waals surface area contributed by atoms with E-state index in [2.05, 4.69) is 42.5 Å². The summed E-state index contributed by atoms with van der Waals surface area (Å²) in [5.74, 6) is 1.40. The monoisotopic (exact) mass is 253 g/mol. The average Bonchev–Trinajstić information content (AvgIpc) is 2.67. The van der Waals surface area contributed by atoms with Crippen molar-refractivity contribution in [2.75, 3.05) is 6.54 Å². The largest absolute Gasteiger partial charge is 0.485 e. The third-order valence-corrected chi connectivity index (χ3v) is 3.86. The molecule has 0 amide bonds. The summed E-state index contributed by atoms with van der Waals surface area (Å²) >= 11 is 0. The summed E-state index contributed by atoms with van der Waals surface area (Å²) in [7, 11) is 0. The third-order valence-electron chi connectivity index (χ3n) is 3.86. The summed E-state index contributed by atoms with van der Waals surface area (Å²) in [4.78, 5) is 0. The number of hydrogen-bond acceptors (Lipinski definition) is 2. The molecule has 2 nitrogen and oxygen atoms in total. The highest BCUT2D eigenvalue weighted by Gasteiger charge is 2.24. The van der Waals surface area contributed by atoms with Gasteiger partial charge in [0, 0.05) is 0 Å². The standard InChI is InChI=1S/C17H19NO/c18-12-14-10-11-16(13-6-2-1-3-7-13)19-17-9-5-4-8-15(14)17/h1-9,14,16H,10-12,18H2. The quantitative estimate of drug-likeness (QED) is 0.886. The summed E-state index contributed by atoms with van der Waals surface area (Å²) in [6.07, 6.45) is 2.23. The van der Waals surface area contributed by atoms with Gasteiger partial charge in [-0.3, -0.25) is 0 Å². The maximum absolute atomic E-state index is 6.22. The van der Waals surface area contributed by atoms with E-state index < -0.39 is 0 Å². The molecule has 0 bridgehead atoms. The van der Waals surface area contributed by atoms with Crippen LogP contribution in [-0.2, 0) is 0 Å². The van der Waals surface area contributed by atoms with E-state index in [-0.39, 0.29) is 6.10 Å². The van der Waals surface area contributed by atoms with Crippen LogP contribution in [0.15, 0.2) is 54.6 Å². The predicted molar refractivity (Wildman–Crippen MR) is 77.3 cm³/mol. The number of ether oxygens (including phenoxy) is 1. The molecule has 0 radical (unpaired) electrons. The molecule has 1 heterocycles. The SMILES string of the molecule is NCC1CCC(c2ccccc2)Oc2ccccc21. The predicted octanol–water partition coefficient (Wildman–Crippen LogP) is 3.64. The van der Waals surface area contributed by atoms with E-state index in [1.807, 2.05) is 12.1 Å². The van der Waals surface area contributed by atoms with E-state index >= 15 is 0 Å². The van der Waals surface area contributed by atoms with E-state index in [0.29, 0.717) is 12.5 Å². The summed E-state index contributed by atoms with van der Waals surface area (Å²) in [5.41, 5.74) is 8.41. The highest BCUT2D eigenvalue weighted by molar-refractivity contribution is 5.38. The minimum atomic E-state index is 0.138. The van der Waals surface area contributed by atoms with Gasteiger partial charge in [0.1, 0.15) is 11.9 Å². The van der Waals surface area contributed by atoms with Gasteiger partial charge in [0.05, 0.1) is 0 Å². The van der Waals surface area contributed by atoms with Crippen LogP contribution < -0.4 is 10.5 Å². The molecular formula is C17H19NO. The van der Waals surface area contributed by atoms with Crippen LogP contribution in [0.5, 0.6) is 5.75 Å². The molecule has 0 aromatic heterocycles. The van der Waals surface area contributed by atoms with Crippen LogP contribution in [0.4, 0.5) is 0 Å². The van der Waals surface area contributed by atoms with Crippen molar-refractivity contribution in [1.29, 1.82) is 0 Å². The van der Waals surface area contributed by atoms with Crippen LogP contribution in [0.25, 0.3) is 0 Å². The van der Waals surface area contributed by atoms with E-state index in [0.717, 1.165) is 18.6 Å². The second-order valence-corrected chi connectivity index (χ2v) is 5.06. The average molecular weight is 253 g/mol. The third kappa shape index (κ3) is 2.49. The van der Waals surface area contributed by atoms with Crippen LogP contribution in [0, 0.1) is 0 Å². The van der Waals surface area contributed by atoms with Gasteiger partial charge < -0.3 is 10.5 Å². The second kappa shape index (κ2) is 5.45. The van der Waals surface area contributed by atoms with Gasteiger partial charge in [-0.25, -0.2) is 0 Å². The molecule has 2 aromatic rings. The molecule has 98 valence electrons. The van der Waals surface area contributed by atoms with Crippen molar-refractivity contribution < 1.29 is 4.74 Å². The second-order valence-electron chi connectivity index (χ2n) is 5.06. The fourth-order valence-corrected chi connectivity index (χ4v) is 2.79. The minimum absolute atomic E-state index is 0.138. The smallest absolute Gasteiger partial charge is 0.124 e. The Balaban J connectivity index is 1.94. The molecule has 0 aliphatic carbocycles. The molecule has 2 heteroatoms. The number of hydrogen-bond donors (Lipinski definition) is 1. The first kappa shape index (κ1) is 12.2. The van der Waals surface area contributed by atoms with Crippen LogP contribution >= 0.6 is 0 Å². The molecule has 2 N–H and O–H groups in total. The van der Waals surface area contributed by atoms with Gasteiger partial charge in [-0.1, -0.05) is 48.5 Å². The molecule has 1 aliphatic rings. The number of rotatable bonds is 2. The van der Waals surface area contributed by atoms with Gasteiger partial charge in [-0.05, 0) is 42.5 Å². The Kier molecular flexibility index (Phi) is 3.51. The van der Waals surface area contributed by atoms with Crippen molar-refractivity contribution in [3.8, 4) is 5.75 Å². The fourth-order valence-electron chi connectivity index (χ4n) is 2.79. The van der Waals surface area contributed by atoms with Crippen LogP contribution in [-0.4, -0.2) is 6.54 Å². The normalized spacial score (nSPS) is 22.2. The summed E-state index contributed by atoms with van der Waals surface area (Å²) in [6, 6.07) is 18.7. The number of para-hydroxylation sites is 1. The molecule has 0 fully saturated rings. The lowest BCUT2D eigenvalue weighted by atomic mass is 9.93. The molecule has 2 unspecified atom stereocenters. The Bertz CT molecular complexity index is 538. The van der Waals surface area contributed by atoms with Gasteiger partial charge in [0.2, 0.25) is 0 Å². The first-order valence-electron chi connectivity index (χ1n) is 6.89. The van der Waals surface area contributed by atoms with Crippen molar-refractivity contribution in [1.82, 2.24) is 0 Å². The van der Waals surface area contributed by atoms with Crippen molar-refractivity contribution in [2.45, 2.75) is 24.9 Å². The zero-order valence-electron chi connectivity index (χ0n) is 11.0. The molecule has 0 saturated carbocycles. The van der Waals surface area contributed by atoms with E-state index in [1.165, 1.54) is 11.1 Å². The lowest BCUT2D eigenvalue weighted by Crippen LogP contribution is -2.11. The van der Waals surface area contributed by atoms with Crippen molar-refractivity contribution in [3.63, 3.8) is 0 Å². The first-order chi connectivity index (χ1) is 9.38. The number of fused-ring (bicyclic) bond motifs is 1. The zero-order valence-corrected chi connectivity index (χ0v) is 11.0. The molecule has 3 rings (SSSR count). The molecular weight excluding hydrogens is 234 g/mol. The first-order valence-corrected chi connectivity index (χ1v) is 6.89. The molecule has 19 heavy (non-hydrogen) atoms. The lowest BCUT2D eigenvalue weighted by Gasteiger charge is -2.17. The van der Waals surface area contributed by atoms with Gasteiger partial charge in [-0.2, -0.15) is 0 Å². The van der Waals surface area contributed by atoms with Gasteiger partial charge in [0.25, 0.3) is 0 Å². The highest BCUT2D eigenvalue weighted by Crippen LogP contribution is 2.38. The van der Waals surface area contributed by atoms with E-state index in [9.17, 15) is 0 Å². The topological polar surface area (TPSA) is 35.2 Å². The van der Waals surface area contributed by atoms with Crippen molar-refractivity contribution in [2.24, 2.45) is 5.73 Å². The maximum atomic E-state index is 6.22. The highest BCUT2D eigenvalue weighted by atomic mass is 16.5. The maximum Gasteiger partial charge on any atom is 0.124 e. The molecule has 2 atom stereocenters. The van der Waals surface area contributed by atoms with Crippen LogP contribution in [0.1, 0.15) is 36.0 Å². The Morgan fingerprint density at radius 3 is 2.47 bits per heavy atom. The van der Waals surface area contributed by atoms with Gasteiger partial charge in [-0.15, -0.1) is 0 Å². The van der Waals surface area contributed by atoms with Crippen molar-refractivity contribution >= 4 is 0 Å². The van der Waals surface area contributed by atoms with E-state index in [4.69, 9.17) is 10.5 Å². The Morgan fingerprint density at radius 2 is 1.68 bits per heavy atom. The molecule has 1 aliphatic heterocycles. The lowest BCUT2D eigenvalue weighted by molar-refractivity contribution is 0.199. The summed E-state index contributed by atoms with van der Waals surface area (Å²) in [5, 5.41) is 0. The Hall–Kier alpha value is -1.80. The summed E-state index contributed by atoms with van der Waals surface area (Å²) in [6.45, 7) is 0.682. The Labute approximate surface area is 114 Å². The van der Waals surface area contributed by atoms with Crippen LogP contribution in [0.3, 0.4) is 0 Å². The zero-order chi connectivity index (χ0) is 13.1. The van der Waals surface area contributed by atoms with Crippen LogP contribution in [0.2, 0.25) is 0 Å². The minimum Gasteiger partial charge on any atom is -0.485 e. The van der Waals surface area contributed by atoms with E-state index in [1.54, 1.807) is 0 Å². The molecule has 2 aromatic carbocycles. The Morgan fingerprint density at radius 1 is 0.947 bits per heavy atom.